The highest BCUT2D eigenvalue weighted by Crippen LogP contribution is 2.30. The highest BCUT2D eigenvalue weighted by Gasteiger charge is 2.27. The molecule has 3 heterocycles. The smallest absolute Gasteiger partial charge is 0.233 e. The average molecular weight is 370 g/mol. The molecule has 7 nitrogen and oxygen atoms in total. The number of carbonyl (C=O) groups excluding carboxylic acids is 1. The van der Waals surface area contributed by atoms with Gasteiger partial charge in [0.05, 0.1) is 16.8 Å². The van der Waals surface area contributed by atoms with E-state index in [0.29, 0.717) is 16.8 Å². The zero-order valence-corrected chi connectivity index (χ0v) is 15.8. The second-order valence-electron chi connectivity index (χ2n) is 6.66. The highest BCUT2D eigenvalue weighted by atomic mass is 32.2. The molecule has 0 unspecified atom stereocenters. The monoisotopic (exact) mass is 370 g/mol. The maximum atomic E-state index is 12.4. The number of H-pyrrole nitrogens is 1. The minimum absolute atomic E-state index is 0.154. The van der Waals surface area contributed by atoms with Crippen LogP contribution in [0.4, 0.5) is 0 Å². The van der Waals surface area contributed by atoms with Gasteiger partial charge in [0.2, 0.25) is 11.1 Å². The van der Waals surface area contributed by atoms with Crippen molar-refractivity contribution >= 4 is 28.7 Å². The second-order valence-corrected chi connectivity index (χ2v) is 7.61. The molecule has 1 saturated heterocycles. The Balaban J connectivity index is 1.36. The number of fused-ring (bicyclic) bond motifs is 1. The number of hydrogen-bond donors (Lipinski definition) is 1. The van der Waals surface area contributed by atoms with Crippen LogP contribution in [0.5, 0.6) is 0 Å². The first-order valence-electron chi connectivity index (χ1n) is 8.83. The van der Waals surface area contributed by atoms with Crippen LogP contribution in [0.3, 0.4) is 0 Å². The number of rotatable bonds is 4. The van der Waals surface area contributed by atoms with Gasteiger partial charge in [-0.05, 0) is 31.9 Å². The highest BCUT2D eigenvalue weighted by molar-refractivity contribution is 7.99. The lowest BCUT2D eigenvalue weighted by Crippen LogP contribution is -2.39. The number of aryl methyl sites for hydroxylation is 2. The molecule has 1 aliphatic heterocycles. The fourth-order valence-electron chi connectivity index (χ4n) is 3.52. The van der Waals surface area contributed by atoms with Crippen LogP contribution in [0, 0.1) is 6.92 Å². The van der Waals surface area contributed by atoms with E-state index >= 15 is 0 Å². The Morgan fingerprint density at radius 3 is 2.73 bits per heavy atom. The quantitative estimate of drug-likeness (QED) is 0.714. The molecule has 1 aliphatic rings. The van der Waals surface area contributed by atoms with Crippen LogP contribution in [0.2, 0.25) is 0 Å². The number of benzene rings is 1. The number of nitrogens with one attached hydrogen (secondary N) is 1. The third-order valence-electron chi connectivity index (χ3n) is 4.94. The third kappa shape index (κ3) is 3.33. The minimum atomic E-state index is 0.154. The summed E-state index contributed by atoms with van der Waals surface area (Å²) in [6, 6.07) is 8.22. The minimum Gasteiger partial charge on any atom is -0.342 e. The van der Waals surface area contributed by atoms with Gasteiger partial charge >= 0.3 is 0 Å². The van der Waals surface area contributed by atoms with Crippen molar-refractivity contribution in [1.82, 2.24) is 29.6 Å². The third-order valence-corrected chi connectivity index (χ3v) is 5.77. The van der Waals surface area contributed by atoms with Crippen LogP contribution in [-0.4, -0.2) is 54.4 Å². The van der Waals surface area contributed by atoms with Crippen molar-refractivity contribution in [2.45, 2.75) is 30.8 Å². The van der Waals surface area contributed by atoms with Gasteiger partial charge in [-0.15, -0.1) is 5.10 Å². The van der Waals surface area contributed by atoms with Gasteiger partial charge in [-0.25, -0.2) is 9.97 Å². The van der Waals surface area contributed by atoms with Crippen LogP contribution >= 0.6 is 11.8 Å². The van der Waals surface area contributed by atoms with E-state index in [1.165, 1.54) is 17.3 Å². The fraction of sp³-hybridized carbons (Fsp3) is 0.444. The molecule has 2 aromatic heterocycles. The standard InChI is InChI=1S/C18H22N6OS/c1-12-19-18(22-21-12)26-11-16(25)24-9-7-13(8-10-24)17-20-14-5-3-4-6-15(14)23(17)2/h3-6,13H,7-11H2,1-2H3,(H,19,21,22). The average Bonchev–Trinajstić information content (AvgIpc) is 3.23. The van der Waals surface area contributed by atoms with Crippen molar-refractivity contribution in [3.05, 3.63) is 35.9 Å². The van der Waals surface area contributed by atoms with Crippen molar-refractivity contribution in [2.75, 3.05) is 18.8 Å². The van der Waals surface area contributed by atoms with Crippen LogP contribution in [0.25, 0.3) is 11.0 Å². The number of aromatic nitrogens is 5. The number of aromatic amines is 1. The van der Waals surface area contributed by atoms with E-state index in [1.807, 2.05) is 24.0 Å². The van der Waals surface area contributed by atoms with E-state index in [0.717, 1.165) is 43.1 Å². The van der Waals surface area contributed by atoms with Gasteiger partial charge in [0.25, 0.3) is 0 Å². The van der Waals surface area contributed by atoms with E-state index < -0.39 is 0 Å². The van der Waals surface area contributed by atoms with Crippen molar-refractivity contribution in [3.8, 4) is 0 Å². The lowest BCUT2D eigenvalue weighted by Gasteiger charge is -2.31. The summed E-state index contributed by atoms with van der Waals surface area (Å²) in [5, 5.41) is 7.49. The van der Waals surface area contributed by atoms with E-state index in [1.54, 1.807) is 0 Å². The molecule has 4 rings (SSSR count). The number of imidazole rings is 1. The lowest BCUT2D eigenvalue weighted by molar-refractivity contribution is -0.129. The maximum absolute atomic E-state index is 12.4. The molecule has 136 valence electrons. The molecule has 1 aromatic carbocycles. The van der Waals surface area contributed by atoms with Crippen molar-refractivity contribution in [3.63, 3.8) is 0 Å². The SMILES string of the molecule is Cc1nc(SCC(=O)N2CCC(c3nc4ccccc4n3C)CC2)n[nH]1. The molecule has 1 N–H and O–H groups in total. The molecular formula is C18H22N6OS. The van der Waals surface area contributed by atoms with E-state index in [2.05, 4.69) is 38.9 Å². The summed E-state index contributed by atoms with van der Waals surface area (Å²) in [5.74, 6) is 2.83. The van der Waals surface area contributed by atoms with E-state index in [4.69, 9.17) is 4.98 Å². The zero-order chi connectivity index (χ0) is 18.1. The molecule has 3 aromatic rings. The number of thioether (sulfide) groups is 1. The predicted molar refractivity (Wildman–Crippen MR) is 101 cm³/mol. The molecule has 26 heavy (non-hydrogen) atoms. The summed E-state index contributed by atoms with van der Waals surface area (Å²) in [6.45, 7) is 3.41. The Kier molecular flexibility index (Phi) is 4.67. The van der Waals surface area contributed by atoms with Gasteiger partial charge in [0.1, 0.15) is 11.6 Å². The number of hydrogen-bond acceptors (Lipinski definition) is 5. The largest absolute Gasteiger partial charge is 0.342 e. The summed E-state index contributed by atoms with van der Waals surface area (Å²) in [5.41, 5.74) is 2.21. The molecule has 0 spiro atoms. The number of likely N-dealkylation sites (tertiary alicyclic amines) is 1. The predicted octanol–water partition coefficient (Wildman–Crippen LogP) is 2.50. The molecule has 8 heteroatoms. The first kappa shape index (κ1) is 17.1. The lowest BCUT2D eigenvalue weighted by atomic mass is 9.96. The molecule has 0 saturated carbocycles. The second kappa shape index (κ2) is 7.11. The number of nitrogens with zero attached hydrogens (tertiary/aromatic N) is 5. The van der Waals surface area contributed by atoms with Crippen molar-refractivity contribution in [1.29, 1.82) is 0 Å². The number of amides is 1. The molecule has 0 atom stereocenters. The summed E-state index contributed by atoms with van der Waals surface area (Å²) in [7, 11) is 2.08. The van der Waals surface area contributed by atoms with Gasteiger partial charge in [0.15, 0.2) is 0 Å². The molecule has 0 aliphatic carbocycles. The Labute approximate surface area is 156 Å². The molecular weight excluding hydrogens is 348 g/mol. The molecule has 1 amide bonds. The number of carbonyl (C=O) groups is 1. The Hall–Kier alpha value is -2.35. The summed E-state index contributed by atoms with van der Waals surface area (Å²) in [6.07, 6.45) is 1.90. The first-order chi connectivity index (χ1) is 12.6. The van der Waals surface area contributed by atoms with E-state index in [9.17, 15) is 4.79 Å². The summed E-state index contributed by atoms with van der Waals surface area (Å²) in [4.78, 5) is 23.4. The van der Waals surface area contributed by atoms with Crippen LogP contribution in [0.15, 0.2) is 29.4 Å². The Morgan fingerprint density at radius 1 is 1.27 bits per heavy atom. The van der Waals surface area contributed by atoms with Crippen molar-refractivity contribution < 1.29 is 4.79 Å². The van der Waals surface area contributed by atoms with Crippen LogP contribution in [-0.2, 0) is 11.8 Å². The Bertz CT molecular complexity index is 925. The fourth-order valence-corrected chi connectivity index (χ4v) is 4.27. The number of para-hydroxylation sites is 2. The van der Waals surface area contributed by atoms with Gasteiger partial charge < -0.3 is 9.47 Å². The van der Waals surface area contributed by atoms with Crippen LogP contribution in [0.1, 0.15) is 30.4 Å². The summed E-state index contributed by atoms with van der Waals surface area (Å²) >= 11 is 1.38. The summed E-state index contributed by atoms with van der Waals surface area (Å²) < 4.78 is 2.19. The van der Waals surface area contributed by atoms with Gasteiger partial charge in [-0.2, -0.15) is 0 Å². The normalized spacial score (nSPS) is 15.7. The molecule has 1 fully saturated rings. The molecule has 0 bridgehead atoms. The van der Waals surface area contributed by atoms with Gasteiger partial charge in [-0.3, -0.25) is 9.89 Å². The molecule has 0 radical (unpaired) electrons. The Morgan fingerprint density at radius 2 is 2.04 bits per heavy atom. The zero-order valence-electron chi connectivity index (χ0n) is 15.0. The maximum Gasteiger partial charge on any atom is 0.233 e. The first-order valence-corrected chi connectivity index (χ1v) is 9.81. The topological polar surface area (TPSA) is 79.7 Å². The van der Waals surface area contributed by atoms with Crippen LogP contribution < -0.4 is 0 Å². The van der Waals surface area contributed by atoms with Gasteiger partial charge in [0, 0.05) is 26.1 Å². The number of piperidine rings is 1. The van der Waals surface area contributed by atoms with E-state index in [-0.39, 0.29) is 5.91 Å². The van der Waals surface area contributed by atoms with Gasteiger partial charge in [-0.1, -0.05) is 23.9 Å². The van der Waals surface area contributed by atoms with Crippen molar-refractivity contribution in [2.24, 2.45) is 7.05 Å².